The molecule has 5 nitrogen and oxygen atoms in total. The molecule has 1 aliphatic rings. The van der Waals surface area contributed by atoms with Crippen molar-refractivity contribution in [2.75, 3.05) is 25.7 Å². The number of carbonyl (C=O) groups excluding carboxylic acids is 1. The van der Waals surface area contributed by atoms with E-state index in [1.54, 1.807) is 19.1 Å². The summed E-state index contributed by atoms with van der Waals surface area (Å²) in [5.41, 5.74) is 1.69. The summed E-state index contributed by atoms with van der Waals surface area (Å²) in [5.74, 6) is 1.21. The number of amidine groups is 1. The minimum Gasteiger partial charge on any atom is -0.493 e. The van der Waals surface area contributed by atoms with Crippen LogP contribution < -0.4 is 14.4 Å². The molecule has 2 aromatic carbocycles. The standard InChI is InChI=1S/C21H22N2O3S/c1-4-12-22-21-23(16-8-6-5-7-9-16)20(24)19(27-21)14-15-10-11-17(25-2)18(13-15)26-3/h5-11,13-14H,4,12H2,1-3H3. The van der Waals surface area contributed by atoms with E-state index in [4.69, 9.17) is 9.47 Å². The highest BCUT2D eigenvalue weighted by Crippen LogP contribution is 2.37. The highest BCUT2D eigenvalue weighted by Gasteiger charge is 2.34. The molecule has 3 rings (SSSR count). The minimum absolute atomic E-state index is 0.0733. The molecule has 0 N–H and O–H groups in total. The zero-order valence-corrected chi connectivity index (χ0v) is 16.5. The van der Waals surface area contributed by atoms with E-state index < -0.39 is 0 Å². The SMILES string of the molecule is CCCN=C1SC(=Cc2ccc(OC)c(OC)c2)C(=O)N1c1ccccc1. The van der Waals surface area contributed by atoms with Crippen LogP contribution >= 0.6 is 11.8 Å². The molecule has 1 fully saturated rings. The molecular formula is C21H22N2O3S. The number of amides is 1. The van der Waals surface area contributed by atoms with Gasteiger partial charge in [0.25, 0.3) is 5.91 Å². The number of aliphatic imine (C=N–C) groups is 1. The van der Waals surface area contributed by atoms with Gasteiger partial charge in [-0.3, -0.25) is 14.7 Å². The summed E-state index contributed by atoms with van der Waals surface area (Å²) < 4.78 is 10.6. The zero-order valence-electron chi connectivity index (χ0n) is 15.6. The van der Waals surface area contributed by atoms with Gasteiger partial charge >= 0.3 is 0 Å². The molecule has 0 atom stereocenters. The number of methoxy groups -OCH3 is 2. The van der Waals surface area contributed by atoms with Crippen LogP contribution in [0.2, 0.25) is 0 Å². The van der Waals surface area contributed by atoms with Crippen LogP contribution in [0.1, 0.15) is 18.9 Å². The molecule has 0 aliphatic carbocycles. The molecular weight excluding hydrogens is 360 g/mol. The number of carbonyl (C=O) groups is 1. The fourth-order valence-corrected chi connectivity index (χ4v) is 3.69. The number of benzene rings is 2. The second-order valence-corrected chi connectivity index (χ2v) is 6.87. The van der Waals surface area contributed by atoms with E-state index in [0.717, 1.165) is 17.7 Å². The maximum Gasteiger partial charge on any atom is 0.271 e. The van der Waals surface area contributed by atoms with Crippen LogP contribution in [-0.2, 0) is 4.79 Å². The predicted molar refractivity (Wildman–Crippen MR) is 112 cm³/mol. The number of nitrogens with zero attached hydrogens (tertiary/aromatic N) is 2. The number of rotatable bonds is 6. The molecule has 1 heterocycles. The van der Waals surface area contributed by atoms with E-state index >= 15 is 0 Å². The second-order valence-electron chi connectivity index (χ2n) is 5.87. The summed E-state index contributed by atoms with van der Waals surface area (Å²) in [4.78, 5) is 20.0. The van der Waals surface area contributed by atoms with Gasteiger partial charge in [-0.15, -0.1) is 0 Å². The van der Waals surface area contributed by atoms with Crippen LogP contribution in [0.3, 0.4) is 0 Å². The van der Waals surface area contributed by atoms with Crippen LogP contribution in [0.4, 0.5) is 5.69 Å². The van der Waals surface area contributed by atoms with Crippen molar-refractivity contribution in [1.82, 2.24) is 0 Å². The molecule has 6 heteroatoms. The van der Waals surface area contributed by atoms with Gasteiger partial charge in [-0.05, 0) is 54.1 Å². The molecule has 0 unspecified atom stereocenters. The van der Waals surface area contributed by atoms with Gasteiger partial charge in [-0.2, -0.15) is 0 Å². The van der Waals surface area contributed by atoms with Crippen LogP contribution in [0.5, 0.6) is 11.5 Å². The molecule has 0 spiro atoms. The van der Waals surface area contributed by atoms with Crippen molar-refractivity contribution in [2.24, 2.45) is 4.99 Å². The predicted octanol–water partition coefficient (Wildman–Crippen LogP) is 4.59. The van der Waals surface area contributed by atoms with Crippen LogP contribution in [0, 0.1) is 0 Å². The Kier molecular flexibility index (Phi) is 6.19. The Balaban J connectivity index is 1.97. The van der Waals surface area contributed by atoms with Crippen LogP contribution in [-0.4, -0.2) is 31.8 Å². The summed E-state index contributed by atoms with van der Waals surface area (Å²) in [6.07, 6.45) is 2.79. The van der Waals surface area contributed by atoms with Crippen molar-refractivity contribution in [2.45, 2.75) is 13.3 Å². The van der Waals surface area contributed by atoms with Crippen molar-refractivity contribution in [3.63, 3.8) is 0 Å². The topological polar surface area (TPSA) is 51.1 Å². The molecule has 1 saturated heterocycles. The fraction of sp³-hybridized carbons (Fsp3) is 0.238. The van der Waals surface area contributed by atoms with Gasteiger partial charge in [0.15, 0.2) is 16.7 Å². The first-order valence-corrected chi connectivity index (χ1v) is 9.55. The molecule has 2 aromatic rings. The minimum atomic E-state index is -0.0733. The smallest absolute Gasteiger partial charge is 0.271 e. The Bertz CT molecular complexity index is 878. The van der Waals surface area contributed by atoms with E-state index in [2.05, 4.69) is 11.9 Å². The first-order chi connectivity index (χ1) is 13.2. The summed E-state index contributed by atoms with van der Waals surface area (Å²) in [5, 5.41) is 0.708. The normalized spacial score (nSPS) is 17.0. The number of hydrogen-bond acceptors (Lipinski definition) is 5. The summed E-state index contributed by atoms with van der Waals surface area (Å²) in [7, 11) is 3.19. The molecule has 0 bridgehead atoms. The molecule has 1 amide bonds. The highest BCUT2D eigenvalue weighted by molar-refractivity contribution is 8.19. The Labute approximate surface area is 163 Å². The van der Waals surface area contributed by atoms with E-state index in [1.165, 1.54) is 11.8 Å². The number of ether oxygens (including phenoxy) is 2. The van der Waals surface area contributed by atoms with Gasteiger partial charge in [-0.25, -0.2) is 0 Å². The lowest BCUT2D eigenvalue weighted by Gasteiger charge is -2.15. The first kappa shape index (κ1) is 19.0. The van der Waals surface area contributed by atoms with Crippen molar-refractivity contribution in [1.29, 1.82) is 0 Å². The Morgan fingerprint density at radius 3 is 2.48 bits per heavy atom. The Morgan fingerprint density at radius 1 is 1.07 bits per heavy atom. The zero-order chi connectivity index (χ0) is 19.2. The van der Waals surface area contributed by atoms with Crippen molar-refractivity contribution in [3.05, 3.63) is 59.0 Å². The average Bonchev–Trinajstić information content (AvgIpc) is 3.02. The fourth-order valence-electron chi connectivity index (χ4n) is 2.69. The van der Waals surface area contributed by atoms with Gasteiger partial charge in [0, 0.05) is 6.54 Å². The largest absolute Gasteiger partial charge is 0.493 e. The Morgan fingerprint density at radius 2 is 1.81 bits per heavy atom. The summed E-state index contributed by atoms with van der Waals surface area (Å²) in [6, 6.07) is 15.2. The summed E-state index contributed by atoms with van der Waals surface area (Å²) in [6.45, 7) is 2.75. The molecule has 27 heavy (non-hydrogen) atoms. The third-order valence-corrected chi connectivity index (χ3v) is 5.00. The first-order valence-electron chi connectivity index (χ1n) is 8.73. The van der Waals surface area contributed by atoms with Gasteiger partial charge in [0.2, 0.25) is 0 Å². The van der Waals surface area contributed by atoms with Crippen molar-refractivity contribution >= 4 is 34.6 Å². The second kappa shape index (κ2) is 8.77. The van der Waals surface area contributed by atoms with Gasteiger partial charge in [0.05, 0.1) is 24.8 Å². The van der Waals surface area contributed by atoms with Gasteiger partial charge in [0.1, 0.15) is 0 Å². The number of anilines is 1. The molecule has 1 aliphatic heterocycles. The van der Waals surface area contributed by atoms with Crippen LogP contribution in [0.25, 0.3) is 6.08 Å². The maximum absolute atomic E-state index is 13.1. The van der Waals surface area contributed by atoms with Crippen molar-refractivity contribution in [3.8, 4) is 11.5 Å². The Hall–Kier alpha value is -2.73. The van der Waals surface area contributed by atoms with E-state index in [0.29, 0.717) is 28.1 Å². The average molecular weight is 382 g/mol. The van der Waals surface area contributed by atoms with Gasteiger partial charge in [-0.1, -0.05) is 31.2 Å². The van der Waals surface area contributed by atoms with Crippen molar-refractivity contribution < 1.29 is 14.3 Å². The lowest BCUT2D eigenvalue weighted by atomic mass is 10.2. The number of para-hydroxylation sites is 1. The van der Waals surface area contributed by atoms with Gasteiger partial charge < -0.3 is 9.47 Å². The molecule has 0 aromatic heterocycles. The van der Waals surface area contributed by atoms with E-state index in [-0.39, 0.29) is 5.91 Å². The summed E-state index contributed by atoms with van der Waals surface area (Å²) >= 11 is 1.40. The highest BCUT2D eigenvalue weighted by atomic mass is 32.2. The van der Waals surface area contributed by atoms with E-state index in [1.807, 2.05) is 54.6 Å². The molecule has 0 saturated carbocycles. The lowest BCUT2D eigenvalue weighted by molar-refractivity contribution is -0.113. The van der Waals surface area contributed by atoms with E-state index in [9.17, 15) is 4.79 Å². The van der Waals surface area contributed by atoms with Crippen LogP contribution in [0.15, 0.2) is 58.4 Å². The monoisotopic (exact) mass is 382 g/mol. The number of hydrogen-bond donors (Lipinski definition) is 0. The number of thioether (sulfide) groups is 1. The lowest BCUT2D eigenvalue weighted by Crippen LogP contribution is -2.28. The third-order valence-electron chi connectivity index (χ3n) is 4.00. The third kappa shape index (κ3) is 4.17. The molecule has 0 radical (unpaired) electrons. The molecule has 140 valence electrons. The quantitative estimate of drug-likeness (QED) is 0.686. The maximum atomic E-state index is 13.1.